The minimum Gasteiger partial charge on any atom is -0.424 e. The normalized spacial score (nSPS) is 10.4. The Morgan fingerprint density at radius 1 is 1.45 bits per heavy atom. The molecule has 3 nitrogen and oxygen atoms in total. The van der Waals surface area contributed by atoms with Gasteiger partial charge in [0.1, 0.15) is 0 Å². The fourth-order valence-electron chi connectivity index (χ4n) is 0.672. The Bertz CT molecular complexity index is 235. The lowest BCUT2D eigenvalue weighted by molar-refractivity contribution is 0.424. The van der Waals surface area contributed by atoms with Gasteiger partial charge in [-0.3, -0.25) is 4.98 Å². The zero-order valence-electron chi connectivity index (χ0n) is 5.88. The Kier molecular flexibility index (Phi) is 2.83. The number of pyridine rings is 1. The fraction of sp³-hybridized carbons (Fsp3) is 0. The molecule has 0 fully saturated rings. The molecule has 0 atom stereocenters. The van der Waals surface area contributed by atoms with Gasteiger partial charge in [0.05, 0.1) is 0 Å². The molecule has 11 heavy (non-hydrogen) atoms. The Morgan fingerprint density at radius 2 is 2.27 bits per heavy atom. The molecule has 0 aromatic carbocycles. The average molecular weight is 149 g/mol. The van der Waals surface area contributed by atoms with Crippen LogP contribution in [-0.4, -0.2) is 22.2 Å². The first-order valence-corrected chi connectivity index (χ1v) is 3.23. The van der Waals surface area contributed by atoms with Gasteiger partial charge in [-0.05, 0) is 11.6 Å². The third-order valence-electron chi connectivity index (χ3n) is 1.15. The summed E-state index contributed by atoms with van der Waals surface area (Å²) in [7, 11) is -1.39. The second kappa shape index (κ2) is 3.90. The van der Waals surface area contributed by atoms with Gasteiger partial charge in [0.2, 0.25) is 0 Å². The second-order valence-electron chi connectivity index (χ2n) is 2.06. The van der Waals surface area contributed by atoms with Gasteiger partial charge >= 0.3 is 7.12 Å². The van der Waals surface area contributed by atoms with Crippen LogP contribution in [0.15, 0.2) is 30.5 Å². The van der Waals surface area contributed by atoms with Crippen molar-refractivity contribution in [2.75, 3.05) is 0 Å². The van der Waals surface area contributed by atoms with E-state index in [9.17, 15) is 0 Å². The average Bonchev–Trinajstić information content (AvgIpc) is 2.03. The number of hydrogen-bond donors (Lipinski definition) is 2. The summed E-state index contributed by atoms with van der Waals surface area (Å²) >= 11 is 0. The van der Waals surface area contributed by atoms with Crippen molar-refractivity contribution in [1.82, 2.24) is 4.98 Å². The monoisotopic (exact) mass is 149 g/mol. The number of rotatable bonds is 2. The molecule has 0 spiro atoms. The Hall–Kier alpha value is -1.13. The first-order chi connectivity index (χ1) is 5.29. The van der Waals surface area contributed by atoms with Crippen LogP contribution in [0.3, 0.4) is 0 Å². The summed E-state index contributed by atoms with van der Waals surface area (Å²) in [5.41, 5.74) is 0.848. The van der Waals surface area contributed by atoms with Crippen LogP contribution in [0.5, 0.6) is 0 Å². The van der Waals surface area contributed by atoms with Crippen LogP contribution in [0.4, 0.5) is 0 Å². The highest BCUT2D eigenvalue weighted by molar-refractivity contribution is 6.48. The van der Waals surface area contributed by atoms with E-state index in [0.717, 1.165) is 5.56 Å². The number of hydrogen-bond acceptors (Lipinski definition) is 3. The van der Waals surface area contributed by atoms with Crippen LogP contribution >= 0.6 is 0 Å². The molecular weight excluding hydrogens is 141 g/mol. The molecule has 1 rings (SSSR count). The Labute approximate surface area is 65.2 Å². The summed E-state index contributed by atoms with van der Waals surface area (Å²) in [6, 6.07) is 3.61. The van der Waals surface area contributed by atoms with Crippen molar-refractivity contribution in [3.8, 4) is 0 Å². The van der Waals surface area contributed by atoms with Gasteiger partial charge in [0, 0.05) is 12.4 Å². The zero-order valence-corrected chi connectivity index (χ0v) is 5.88. The highest BCUT2D eigenvalue weighted by Gasteiger charge is 1.97. The first kappa shape index (κ1) is 7.98. The van der Waals surface area contributed by atoms with Gasteiger partial charge in [-0.15, -0.1) is 0 Å². The van der Waals surface area contributed by atoms with Crippen molar-refractivity contribution in [2.45, 2.75) is 0 Å². The van der Waals surface area contributed by atoms with E-state index in [1.165, 1.54) is 5.98 Å². The molecule has 0 unspecified atom stereocenters. The van der Waals surface area contributed by atoms with Gasteiger partial charge in [0.25, 0.3) is 0 Å². The minimum absolute atomic E-state index is 0.848. The molecule has 0 radical (unpaired) electrons. The van der Waals surface area contributed by atoms with Gasteiger partial charge in [0.15, 0.2) is 0 Å². The van der Waals surface area contributed by atoms with E-state index in [4.69, 9.17) is 10.0 Å². The van der Waals surface area contributed by atoms with Crippen molar-refractivity contribution < 1.29 is 10.0 Å². The minimum atomic E-state index is -1.39. The molecule has 2 N–H and O–H groups in total. The van der Waals surface area contributed by atoms with Crippen molar-refractivity contribution in [2.24, 2.45) is 0 Å². The quantitative estimate of drug-likeness (QED) is 0.586. The molecule has 0 aliphatic rings. The predicted octanol–water partition coefficient (Wildman–Crippen LogP) is 0.107. The van der Waals surface area contributed by atoms with Crippen LogP contribution in [0.2, 0.25) is 0 Å². The molecule has 0 saturated carbocycles. The third kappa shape index (κ3) is 2.97. The first-order valence-electron chi connectivity index (χ1n) is 3.23. The van der Waals surface area contributed by atoms with E-state index in [2.05, 4.69) is 4.98 Å². The maximum absolute atomic E-state index is 8.46. The molecule has 1 aromatic heterocycles. The van der Waals surface area contributed by atoms with Crippen molar-refractivity contribution in [3.05, 3.63) is 36.1 Å². The molecule has 0 bridgehead atoms. The highest BCUT2D eigenvalue weighted by atomic mass is 16.4. The standard InChI is InChI=1S/C7H8BNO2/c10-8(11)4-3-7-2-1-5-9-6-7/h1-6,10-11H. The van der Waals surface area contributed by atoms with Crippen molar-refractivity contribution in [3.63, 3.8) is 0 Å². The highest BCUT2D eigenvalue weighted by Crippen LogP contribution is 1.97. The van der Waals surface area contributed by atoms with Gasteiger partial charge in [-0.1, -0.05) is 18.1 Å². The van der Waals surface area contributed by atoms with Crippen molar-refractivity contribution in [1.29, 1.82) is 0 Å². The van der Waals surface area contributed by atoms with Crippen molar-refractivity contribution >= 4 is 13.2 Å². The molecular formula is C7H8BNO2. The molecule has 0 amide bonds. The molecule has 0 aliphatic heterocycles. The predicted molar refractivity (Wildman–Crippen MR) is 43.5 cm³/mol. The van der Waals surface area contributed by atoms with Gasteiger partial charge in [-0.25, -0.2) is 0 Å². The smallest absolute Gasteiger partial charge is 0.424 e. The van der Waals surface area contributed by atoms with E-state index < -0.39 is 7.12 Å². The maximum atomic E-state index is 8.46. The zero-order chi connectivity index (χ0) is 8.10. The summed E-state index contributed by atoms with van der Waals surface area (Å²) in [4.78, 5) is 3.85. The second-order valence-corrected chi connectivity index (χ2v) is 2.06. The van der Waals surface area contributed by atoms with E-state index >= 15 is 0 Å². The van der Waals surface area contributed by atoms with Crippen LogP contribution < -0.4 is 0 Å². The van der Waals surface area contributed by atoms with Gasteiger partial charge < -0.3 is 10.0 Å². The summed E-state index contributed by atoms with van der Waals surface area (Å²) < 4.78 is 0. The Balaban J connectivity index is 2.65. The molecule has 0 aliphatic carbocycles. The van der Waals surface area contributed by atoms with Crippen LogP contribution in [-0.2, 0) is 0 Å². The molecule has 0 saturated heterocycles. The van der Waals surface area contributed by atoms with E-state index in [1.807, 2.05) is 6.07 Å². The largest absolute Gasteiger partial charge is 0.480 e. The lowest BCUT2D eigenvalue weighted by atomic mass is 9.91. The summed E-state index contributed by atoms with van der Waals surface area (Å²) in [6.45, 7) is 0. The number of nitrogens with zero attached hydrogens (tertiary/aromatic N) is 1. The lowest BCUT2D eigenvalue weighted by Crippen LogP contribution is -2.05. The van der Waals surface area contributed by atoms with Crippen LogP contribution in [0.25, 0.3) is 6.08 Å². The van der Waals surface area contributed by atoms with E-state index in [1.54, 1.807) is 24.5 Å². The number of aromatic nitrogens is 1. The lowest BCUT2D eigenvalue weighted by Gasteiger charge is -1.89. The third-order valence-corrected chi connectivity index (χ3v) is 1.15. The molecule has 1 heterocycles. The topological polar surface area (TPSA) is 53.4 Å². The Morgan fingerprint density at radius 3 is 2.82 bits per heavy atom. The molecule has 4 heteroatoms. The SMILES string of the molecule is OB(O)C=Cc1cccnc1. The van der Waals surface area contributed by atoms with E-state index in [0.29, 0.717) is 0 Å². The summed E-state index contributed by atoms with van der Waals surface area (Å²) in [6.07, 6.45) is 4.89. The van der Waals surface area contributed by atoms with Gasteiger partial charge in [-0.2, -0.15) is 0 Å². The maximum Gasteiger partial charge on any atom is 0.480 e. The summed E-state index contributed by atoms with van der Waals surface area (Å²) in [5, 5.41) is 16.9. The van der Waals surface area contributed by atoms with Crippen LogP contribution in [0, 0.1) is 0 Å². The molecule has 56 valence electrons. The van der Waals surface area contributed by atoms with E-state index in [-0.39, 0.29) is 0 Å². The molecule has 1 aromatic rings. The fourth-order valence-corrected chi connectivity index (χ4v) is 0.672. The van der Waals surface area contributed by atoms with Crippen LogP contribution in [0.1, 0.15) is 5.56 Å². The summed E-state index contributed by atoms with van der Waals surface area (Å²) in [5.74, 6) is 1.27.